The van der Waals surface area contributed by atoms with Crippen LogP contribution in [0.5, 0.6) is 0 Å². The number of hydrogen-bond donors (Lipinski definition) is 1. The highest BCUT2D eigenvalue weighted by atomic mass is 16.7. The van der Waals surface area contributed by atoms with Crippen LogP contribution in [0.4, 0.5) is 0 Å². The number of fused-ring (bicyclic) bond motifs is 1. The van der Waals surface area contributed by atoms with Gasteiger partial charge in [-0.1, -0.05) is 0 Å². The molecule has 3 aliphatic heterocycles. The molecule has 0 amide bonds. The van der Waals surface area contributed by atoms with E-state index < -0.39 is 0 Å². The van der Waals surface area contributed by atoms with Gasteiger partial charge in [0.2, 0.25) is 0 Å². The summed E-state index contributed by atoms with van der Waals surface area (Å²) in [5.41, 5.74) is 0. The topological polar surface area (TPSA) is 33.7 Å². The molecule has 4 fully saturated rings. The Balaban J connectivity index is 1.34. The molecule has 1 N–H and O–H groups in total. The maximum Gasteiger partial charge on any atom is 0.168 e. The van der Waals surface area contributed by atoms with Gasteiger partial charge < -0.3 is 14.8 Å². The average Bonchev–Trinajstić information content (AvgIpc) is 3.06. The Bertz CT molecular complexity index is 306. The van der Waals surface area contributed by atoms with E-state index in [2.05, 4.69) is 10.2 Å². The third kappa shape index (κ3) is 2.33. The standard InChI is InChI=1S/C15H26N2O2/c1-2-12-10-17(11-14(12)16-7-1)13-3-5-15(6-4-13)18-8-9-19-15/h12-14,16H,1-11H2. The summed E-state index contributed by atoms with van der Waals surface area (Å²) in [6.45, 7) is 5.40. The number of nitrogens with one attached hydrogen (secondary N) is 1. The van der Waals surface area contributed by atoms with Crippen molar-refractivity contribution in [2.24, 2.45) is 5.92 Å². The Kier molecular flexibility index (Phi) is 3.30. The predicted octanol–water partition coefficient (Wildman–Crippen LogP) is 1.36. The highest BCUT2D eigenvalue weighted by molar-refractivity contribution is 4.96. The van der Waals surface area contributed by atoms with Gasteiger partial charge in [-0.2, -0.15) is 0 Å². The average molecular weight is 266 g/mol. The van der Waals surface area contributed by atoms with Crippen LogP contribution in [-0.4, -0.2) is 55.6 Å². The van der Waals surface area contributed by atoms with Crippen molar-refractivity contribution in [1.29, 1.82) is 0 Å². The molecule has 1 saturated carbocycles. The van der Waals surface area contributed by atoms with Crippen molar-refractivity contribution in [2.75, 3.05) is 32.8 Å². The molecule has 2 unspecified atom stereocenters. The molecule has 108 valence electrons. The summed E-state index contributed by atoms with van der Waals surface area (Å²) in [4.78, 5) is 2.75. The summed E-state index contributed by atoms with van der Waals surface area (Å²) in [5.74, 6) is 0.713. The summed E-state index contributed by atoms with van der Waals surface area (Å²) in [6, 6.07) is 1.54. The third-order valence-electron chi connectivity index (χ3n) is 5.67. The van der Waals surface area contributed by atoms with Crippen molar-refractivity contribution in [3.63, 3.8) is 0 Å². The molecular weight excluding hydrogens is 240 g/mol. The highest BCUT2D eigenvalue weighted by Gasteiger charge is 2.44. The van der Waals surface area contributed by atoms with Gasteiger partial charge >= 0.3 is 0 Å². The molecular formula is C15H26N2O2. The van der Waals surface area contributed by atoms with E-state index in [9.17, 15) is 0 Å². The van der Waals surface area contributed by atoms with Crippen LogP contribution < -0.4 is 5.32 Å². The molecule has 2 atom stereocenters. The molecule has 4 heteroatoms. The second kappa shape index (κ2) is 4.99. The van der Waals surface area contributed by atoms with Crippen LogP contribution in [0.2, 0.25) is 0 Å². The zero-order valence-corrected chi connectivity index (χ0v) is 11.8. The molecule has 1 spiro atoms. The molecule has 3 saturated heterocycles. The molecule has 4 rings (SSSR count). The fourth-order valence-corrected chi connectivity index (χ4v) is 4.57. The van der Waals surface area contributed by atoms with E-state index in [0.717, 1.165) is 44.1 Å². The largest absolute Gasteiger partial charge is 0.348 e. The second-order valence-electron chi connectivity index (χ2n) is 6.76. The van der Waals surface area contributed by atoms with Crippen molar-refractivity contribution in [3.8, 4) is 0 Å². The summed E-state index contributed by atoms with van der Waals surface area (Å²) in [6.07, 6.45) is 7.48. The van der Waals surface area contributed by atoms with Gasteiger partial charge in [-0.15, -0.1) is 0 Å². The first-order chi connectivity index (χ1) is 9.35. The van der Waals surface area contributed by atoms with Crippen molar-refractivity contribution in [1.82, 2.24) is 10.2 Å². The number of piperidine rings is 1. The van der Waals surface area contributed by atoms with Gasteiger partial charge in [-0.05, 0) is 38.1 Å². The van der Waals surface area contributed by atoms with E-state index in [4.69, 9.17) is 9.47 Å². The minimum Gasteiger partial charge on any atom is -0.348 e. The quantitative estimate of drug-likeness (QED) is 0.777. The Morgan fingerprint density at radius 3 is 2.53 bits per heavy atom. The van der Waals surface area contributed by atoms with Gasteiger partial charge in [0, 0.05) is 38.0 Å². The molecule has 1 aliphatic carbocycles. The minimum atomic E-state index is -0.193. The van der Waals surface area contributed by atoms with Gasteiger partial charge in [-0.25, -0.2) is 0 Å². The predicted molar refractivity (Wildman–Crippen MR) is 73.0 cm³/mol. The lowest BCUT2D eigenvalue weighted by Crippen LogP contribution is -2.44. The number of rotatable bonds is 1. The zero-order chi connectivity index (χ0) is 12.7. The fraction of sp³-hybridized carbons (Fsp3) is 1.00. The number of ether oxygens (including phenoxy) is 2. The van der Waals surface area contributed by atoms with Crippen LogP contribution in [-0.2, 0) is 9.47 Å². The van der Waals surface area contributed by atoms with E-state index in [1.165, 1.54) is 45.3 Å². The third-order valence-corrected chi connectivity index (χ3v) is 5.67. The molecule has 0 radical (unpaired) electrons. The van der Waals surface area contributed by atoms with Crippen LogP contribution in [0.1, 0.15) is 38.5 Å². The first-order valence-electron chi connectivity index (χ1n) is 8.10. The Morgan fingerprint density at radius 1 is 1.00 bits per heavy atom. The fourth-order valence-electron chi connectivity index (χ4n) is 4.57. The summed E-state index contributed by atoms with van der Waals surface area (Å²) in [5, 5.41) is 3.71. The molecule has 4 nitrogen and oxygen atoms in total. The van der Waals surface area contributed by atoms with E-state index in [0.29, 0.717) is 0 Å². The van der Waals surface area contributed by atoms with Crippen LogP contribution in [0.15, 0.2) is 0 Å². The van der Waals surface area contributed by atoms with E-state index in [1.807, 2.05) is 0 Å². The lowest BCUT2D eigenvalue weighted by molar-refractivity contribution is -0.183. The van der Waals surface area contributed by atoms with Crippen molar-refractivity contribution < 1.29 is 9.47 Å². The monoisotopic (exact) mass is 266 g/mol. The lowest BCUT2D eigenvalue weighted by atomic mass is 9.89. The second-order valence-corrected chi connectivity index (χ2v) is 6.76. The molecule has 0 aromatic carbocycles. The van der Waals surface area contributed by atoms with Crippen LogP contribution in [0, 0.1) is 5.92 Å². The number of likely N-dealkylation sites (tertiary alicyclic amines) is 1. The van der Waals surface area contributed by atoms with Crippen LogP contribution in [0.3, 0.4) is 0 Å². The van der Waals surface area contributed by atoms with Gasteiger partial charge in [0.1, 0.15) is 0 Å². The van der Waals surface area contributed by atoms with Crippen molar-refractivity contribution >= 4 is 0 Å². The maximum atomic E-state index is 5.83. The summed E-state index contributed by atoms with van der Waals surface area (Å²) >= 11 is 0. The Morgan fingerprint density at radius 2 is 1.79 bits per heavy atom. The first-order valence-corrected chi connectivity index (χ1v) is 8.10. The lowest BCUT2D eigenvalue weighted by Gasteiger charge is -2.39. The van der Waals surface area contributed by atoms with Crippen LogP contribution in [0.25, 0.3) is 0 Å². The van der Waals surface area contributed by atoms with E-state index in [-0.39, 0.29) is 5.79 Å². The SMILES string of the molecule is C1CNC2CN(C3CCC4(CC3)OCCO4)CC2C1. The Hall–Kier alpha value is -0.160. The minimum absolute atomic E-state index is 0.193. The number of nitrogens with zero attached hydrogens (tertiary/aromatic N) is 1. The molecule has 3 heterocycles. The van der Waals surface area contributed by atoms with Gasteiger partial charge in [-0.3, -0.25) is 4.90 Å². The molecule has 4 aliphatic rings. The van der Waals surface area contributed by atoms with Gasteiger partial charge in [0.15, 0.2) is 5.79 Å². The Labute approximate surface area is 115 Å². The van der Waals surface area contributed by atoms with Gasteiger partial charge in [0.05, 0.1) is 13.2 Å². The van der Waals surface area contributed by atoms with Gasteiger partial charge in [0.25, 0.3) is 0 Å². The van der Waals surface area contributed by atoms with Crippen LogP contribution >= 0.6 is 0 Å². The molecule has 0 bridgehead atoms. The molecule has 0 aromatic rings. The highest BCUT2D eigenvalue weighted by Crippen LogP contribution is 2.39. The maximum absolute atomic E-state index is 5.83. The molecule has 19 heavy (non-hydrogen) atoms. The first kappa shape index (κ1) is 12.6. The zero-order valence-electron chi connectivity index (χ0n) is 11.8. The van der Waals surface area contributed by atoms with E-state index in [1.54, 1.807) is 0 Å². The number of hydrogen-bond acceptors (Lipinski definition) is 4. The van der Waals surface area contributed by atoms with Crippen molar-refractivity contribution in [3.05, 3.63) is 0 Å². The summed E-state index contributed by atoms with van der Waals surface area (Å²) < 4.78 is 11.7. The van der Waals surface area contributed by atoms with E-state index >= 15 is 0 Å². The smallest absolute Gasteiger partial charge is 0.168 e. The normalized spacial score (nSPS) is 39.8. The summed E-state index contributed by atoms with van der Waals surface area (Å²) in [7, 11) is 0. The molecule has 0 aromatic heterocycles. The van der Waals surface area contributed by atoms with Crippen molar-refractivity contribution in [2.45, 2.75) is 56.4 Å².